The van der Waals surface area contributed by atoms with Gasteiger partial charge in [-0.3, -0.25) is 19.2 Å². The molecule has 4 N–H and O–H groups in total. The van der Waals surface area contributed by atoms with Gasteiger partial charge in [-0.05, 0) is 19.3 Å². The minimum Gasteiger partial charge on any atom is -0.481 e. The molecule has 150 valence electrons. The van der Waals surface area contributed by atoms with Crippen LogP contribution in [-0.4, -0.2) is 44.3 Å². The van der Waals surface area contributed by atoms with Gasteiger partial charge in [-0.25, -0.2) is 0 Å². The standard InChI is InChI=1S/C18H30O8/c1-3-4-8-13(17(23)24)14(18(25)26)10-7-5-6-9-12(16(21)22)11(2)15(19)20/h11-14H,3-10H2,1-2H3,(H,19,20)(H,21,22)(H,23,24)(H,25,26). The molecule has 0 radical (unpaired) electrons. The summed E-state index contributed by atoms with van der Waals surface area (Å²) in [5.41, 5.74) is 0. The summed E-state index contributed by atoms with van der Waals surface area (Å²) >= 11 is 0. The quantitative estimate of drug-likeness (QED) is 0.320. The van der Waals surface area contributed by atoms with Crippen molar-refractivity contribution in [1.29, 1.82) is 0 Å². The Balaban J connectivity index is 4.55. The van der Waals surface area contributed by atoms with Crippen molar-refractivity contribution < 1.29 is 39.6 Å². The molecule has 4 unspecified atom stereocenters. The molecule has 0 rings (SSSR count). The summed E-state index contributed by atoms with van der Waals surface area (Å²) in [7, 11) is 0. The van der Waals surface area contributed by atoms with Crippen LogP contribution in [0.3, 0.4) is 0 Å². The highest BCUT2D eigenvalue weighted by molar-refractivity contribution is 5.80. The number of rotatable bonds is 15. The zero-order chi connectivity index (χ0) is 20.3. The Morgan fingerprint density at radius 2 is 1.00 bits per heavy atom. The van der Waals surface area contributed by atoms with Gasteiger partial charge in [0.25, 0.3) is 0 Å². The molecule has 8 heteroatoms. The first kappa shape index (κ1) is 23.9. The van der Waals surface area contributed by atoms with Gasteiger partial charge < -0.3 is 20.4 Å². The van der Waals surface area contributed by atoms with Crippen molar-refractivity contribution in [2.75, 3.05) is 0 Å². The molecule has 0 aromatic heterocycles. The highest BCUT2D eigenvalue weighted by Crippen LogP contribution is 2.26. The van der Waals surface area contributed by atoms with Crippen molar-refractivity contribution in [2.45, 2.75) is 65.2 Å². The highest BCUT2D eigenvalue weighted by atomic mass is 16.4. The molecule has 26 heavy (non-hydrogen) atoms. The van der Waals surface area contributed by atoms with Crippen LogP contribution in [0.5, 0.6) is 0 Å². The van der Waals surface area contributed by atoms with Crippen LogP contribution in [0.1, 0.15) is 65.2 Å². The van der Waals surface area contributed by atoms with Gasteiger partial charge in [0.05, 0.1) is 23.7 Å². The molecule has 0 saturated carbocycles. The number of carbonyl (C=O) groups is 4. The smallest absolute Gasteiger partial charge is 0.307 e. The van der Waals surface area contributed by atoms with E-state index in [-0.39, 0.29) is 12.8 Å². The Labute approximate surface area is 153 Å². The molecular weight excluding hydrogens is 344 g/mol. The van der Waals surface area contributed by atoms with Crippen LogP contribution in [0.4, 0.5) is 0 Å². The summed E-state index contributed by atoms with van der Waals surface area (Å²) in [5, 5.41) is 36.7. The maximum Gasteiger partial charge on any atom is 0.307 e. The third-order valence-electron chi connectivity index (χ3n) is 4.83. The number of carboxylic acids is 4. The fourth-order valence-electron chi connectivity index (χ4n) is 3.08. The van der Waals surface area contributed by atoms with Crippen LogP contribution in [0, 0.1) is 23.7 Å². The van der Waals surface area contributed by atoms with Crippen molar-refractivity contribution in [1.82, 2.24) is 0 Å². The molecule has 4 atom stereocenters. The van der Waals surface area contributed by atoms with Gasteiger partial charge in [-0.15, -0.1) is 0 Å². The summed E-state index contributed by atoms with van der Waals surface area (Å²) in [6.07, 6.45) is 3.60. The second-order valence-corrected chi connectivity index (χ2v) is 6.74. The van der Waals surface area contributed by atoms with Crippen LogP contribution in [-0.2, 0) is 19.2 Å². The predicted octanol–water partition coefficient (Wildman–Crippen LogP) is 2.95. The number of aliphatic carboxylic acids is 4. The molecule has 0 saturated heterocycles. The second kappa shape index (κ2) is 12.3. The maximum absolute atomic E-state index is 11.4. The molecule has 0 bridgehead atoms. The largest absolute Gasteiger partial charge is 0.481 e. The van der Waals surface area contributed by atoms with Crippen molar-refractivity contribution in [2.24, 2.45) is 23.7 Å². The Bertz CT molecular complexity index is 488. The molecule has 0 aliphatic heterocycles. The molecule has 0 aliphatic carbocycles. The normalized spacial score (nSPS) is 15.6. The zero-order valence-corrected chi connectivity index (χ0v) is 15.4. The van der Waals surface area contributed by atoms with E-state index in [2.05, 4.69) is 0 Å². The van der Waals surface area contributed by atoms with Crippen LogP contribution in [0.2, 0.25) is 0 Å². The number of unbranched alkanes of at least 4 members (excludes halogenated alkanes) is 3. The summed E-state index contributed by atoms with van der Waals surface area (Å²) in [6.45, 7) is 3.26. The van der Waals surface area contributed by atoms with Crippen LogP contribution in [0.15, 0.2) is 0 Å². The predicted molar refractivity (Wildman–Crippen MR) is 92.8 cm³/mol. The van der Waals surface area contributed by atoms with Gasteiger partial charge in [-0.1, -0.05) is 46.0 Å². The fraction of sp³-hybridized carbons (Fsp3) is 0.778. The topological polar surface area (TPSA) is 149 Å². The van der Waals surface area contributed by atoms with Crippen molar-refractivity contribution in [3.63, 3.8) is 0 Å². The lowest BCUT2D eigenvalue weighted by atomic mass is 9.83. The zero-order valence-electron chi connectivity index (χ0n) is 15.4. The lowest BCUT2D eigenvalue weighted by Crippen LogP contribution is -2.30. The average molecular weight is 374 g/mol. The van der Waals surface area contributed by atoms with E-state index in [1.165, 1.54) is 6.92 Å². The third-order valence-corrected chi connectivity index (χ3v) is 4.83. The Kier molecular flexibility index (Phi) is 11.3. The first-order valence-corrected chi connectivity index (χ1v) is 9.04. The molecule has 0 amide bonds. The monoisotopic (exact) mass is 374 g/mol. The molecule has 8 nitrogen and oxygen atoms in total. The lowest BCUT2D eigenvalue weighted by Gasteiger charge is -2.20. The molecule has 0 aliphatic rings. The van der Waals surface area contributed by atoms with E-state index in [0.717, 1.165) is 6.42 Å². The minimum absolute atomic E-state index is 0.193. The molecule has 0 aromatic carbocycles. The maximum atomic E-state index is 11.4. The van der Waals surface area contributed by atoms with E-state index < -0.39 is 47.5 Å². The second-order valence-electron chi connectivity index (χ2n) is 6.74. The van der Waals surface area contributed by atoms with Gasteiger partial charge >= 0.3 is 23.9 Å². The SMILES string of the molecule is CCCCC(C(=O)O)C(CCCCCC(C(=O)O)C(C)C(=O)O)C(=O)O. The van der Waals surface area contributed by atoms with E-state index in [1.54, 1.807) is 0 Å². The van der Waals surface area contributed by atoms with E-state index in [0.29, 0.717) is 32.1 Å². The number of carboxylic acid groups (broad SMARTS) is 4. The van der Waals surface area contributed by atoms with Gasteiger partial charge in [0.2, 0.25) is 0 Å². The average Bonchev–Trinajstić information content (AvgIpc) is 2.54. The molecule has 0 heterocycles. The minimum atomic E-state index is -1.16. The third kappa shape index (κ3) is 8.31. The van der Waals surface area contributed by atoms with Crippen LogP contribution < -0.4 is 0 Å². The number of hydrogen-bond acceptors (Lipinski definition) is 4. The summed E-state index contributed by atoms with van der Waals surface area (Å²) in [6, 6.07) is 0. The Morgan fingerprint density at radius 3 is 1.35 bits per heavy atom. The first-order chi connectivity index (χ1) is 12.1. The molecule has 0 aromatic rings. The molecule has 0 fully saturated rings. The van der Waals surface area contributed by atoms with E-state index in [1.807, 2.05) is 6.92 Å². The summed E-state index contributed by atoms with van der Waals surface area (Å²) in [4.78, 5) is 44.9. The van der Waals surface area contributed by atoms with E-state index in [9.17, 15) is 29.4 Å². The van der Waals surface area contributed by atoms with E-state index >= 15 is 0 Å². The van der Waals surface area contributed by atoms with Crippen LogP contribution >= 0.6 is 0 Å². The summed E-state index contributed by atoms with van der Waals surface area (Å²) in [5.74, 6) is -8.43. The first-order valence-electron chi connectivity index (χ1n) is 9.04. The van der Waals surface area contributed by atoms with Crippen molar-refractivity contribution in [3.8, 4) is 0 Å². The van der Waals surface area contributed by atoms with Gasteiger partial charge in [-0.2, -0.15) is 0 Å². The summed E-state index contributed by atoms with van der Waals surface area (Å²) < 4.78 is 0. The Hall–Kier alpha value is -2.12. The van der Waals surface area contributed by atoms with Gasteiger partial charge in [0.15, 0.2) is 0 Å². The Morgan fingerprint density at radius 1 is 0.615 bits per heavy atom. The van der Waals surface area contributed by atoms with Crippen molar-refractivity contribution in [3.05, 3.63) is 0 Å². The van der Waals surface area contributed by atoms with Gasteiger partial charge in [0.1, 0.15) is 0 Å². The van der Waals surface area contributed by atoms with Gasteiger partial charge in [0, 0.05) is 0 Å². The van der Waals surface area contributed by atoms with Crippen molar-refractivity contribution >= 4 is 23.9 Å². The van der Waals surface area contributed by atoms with E-state index in [4.69, 9.17) is 10.2 Å². The number of hydrogen-bond donors (Lipinski definition) is 4. The lowest BCUT2D eigenvalue weighted by molar-refractivity contribution is -0.154. The molecule has 0 spiro atoms. The van der Waals surface area contributed by atoms with Crippen LogP contribution in [0.25, 0.3) is 0 Å². The fourth-order valence-corrected chi connectivity index (χ4v) is 3.08. The highest BCUT2D eigenvalue weighted by Gasteiger charge is 2.33. The molecular formula is C18H30O8.